The molecule has 0 fully saturated rings. The maximum atomic E-state index is 4.94. The Morgan fingerprint density at radius 1 is 0.468 bits per heavy atom. The number of benzene rings is 6. The number of hydrogen-bond acceptors (Lipinski definition) is 3. The second-order valence-electron chi connectivity index (χ2n) is 12.0. The number of rotatable bonds is 3. The van der Waals surface area contributed by atoms with Crippen LogP contribution in [0.3, 0.4) is 0 Å². The first-order chi connectivity index (χ1) is 23.3. The molecule has 0 atom stereocenters. The first-order valence-corrected chi connectivity index (χ1v) is 15.8. The van der Waals surface area contributed by atoms with Gasteiger partial charge in [-0.05, 0) is 65.7 Å². The van der Waals surface area contributed by atoms with Crippen molar-refractivity contribution in [1.29, 1.82) is 0 Å². The Hall–Kier alpha value is -6.46. The van der Waals surface area contributed by atoms with E-state index in [0.29, 0.717) is 0 Å². The monoisotopic (exact) mass is 601 g/mol. The zero-order chi connectivity index (χ0) is 30.9. The van der Waals surface area contributed by atoms with Gasteiger partial charge in [0.25, 0.3) is 0 Å². The SMILES string of the molecule is c1ccc(-n2c3ccccc3c3ccc(N4c5ccccc5-c5ccccc5-c5ccc(-n6cc7ccccc7n6)cc54)cc32)nc1. The second kappa shape index (κ2) is 10.0. The van der Waals surface area contributed by atoms with E-state index in [4.69, 9.17) is 10.1 Å². The highest BCUT2D eigenvalue weighted by atomic mass is 15.3. The normalized spacial score (nSPS) is 12.2. The smallest absolute Gasteiger partial charge is 0.137 e. The number of fused-ring (bicyclic) bond motifs is 9. The van der Waals surface area contributed by atoms with Crippen LogP contribution >= 0.6 is 0 Å². The molecule has 5 nitrogen and oxygen atoms in total. The van der Waals surface area contributed by atoms with Crippen LogP contribution in [0, 0.1) is 0 Å². The second-order valence-corrected chi connectivity index (χ2v) is 12.0. The third-order valence-electron chi connectivity index (χ3n) is 9.35. The molecule has 0 saturated heterocycles. The third-order valence-corrected chi connectivity index (χ3v) is 9.35. The van der Waals surface area contributed by atoms with Gasteiger partial charge in [0.05, 0.1) is 33.6 Å². The highest BCUT2D eigenvalue weighted by Gasteiger charge is 2.27. The van der Waals surface area contributed by atoms with Crippen LogP contribution in [-0.4, -0.2) is 19.3 Å². The van der Waals surface area contributed by atoms with Crippen molar-refractivity contribution in [1.82, 2.24) is 19.3 Å². The van der Waals surface area contributed by atoms with E-state index in [1.807, 2.05) is 29.1 Å². The molecule has 0 aliphatic carbocycles. The molecule has 3 aromatic heterocycles. The summed E-state index contributed by atoms with van der Waals surface area (Å²) in [7, 11) is 0. The molecule has 1 aliphatic rings. The number of aromatic nitrogens is 4. The van der Waals surface area contributed by atoms with Gasteiger partial charge >= 0.3 is 0 Å². The van der Waals surface area contributed by atoms with Gasteiger partial charge in [0, 0.05) is 45.4 Å². The van der Waals surface area contributed by atoms with Gasteiger partial charge in [0.2, 0.25) is 0 Å². The number of pyridine rings is 1. The summed E-state index contributed by atoms with van der Waals surface area (Å²) in [5.74, 6) is 0.896. The van der Waals surface area contributed by atoms with Crippen LogP contribution in [0.5, 0.6) is 0 Å². The van der Waals surface area contributed by atoms with Gasteiger partial charge in [0.15, 0.2) is 0 Å². The van der Waals surface area contributed by atoms with E-state index < -0.39 is 0 Å². The maximum Gasteiger partial charge on any atom is 0.137 e. The van der Waals surface area contributed by atoms with Crippen LogP contribution in [-0.2, 0) is 0 Å². The summed E-state index contributed by atoms with van der Waals surface area (Å²) in [4.78, 5) is 7.19. The Labute approximate surface area is 271 Å². The molecule has 1 aliphatic heterocycles. The number of hydrogen-bond donors (Lipinski definition) is 0. The Balaban J connectivity index is 1.28. The molecule has 0 spiro atoms. The van der Waals surface area contributed by atoms with E-state index in [1.54, 1.807) is 0 Å². The van der Waals surface area contributed by atoms with Crippen LogP contribution < -0.4 is 4.90 Å². The molecule has 6 aromatic carbocycles. The molecule has 4 heterocycles. The zero-order valence-corrected chi connectivity index (χ0v) is 25.3. The third kappa shape index (κ3) is 3.90. The van der Waals surface area contributed by atoms with Gasteiger partial charge < -0.3 is 4.90 Å². The average Bonchev–Trinajstić information content (AvgIpc) is 3.68. The van der Waals surface area contributed by atoms with Gasteiger partial charge in [-0.1, -0.05) is 97.1 Å². The van der Waals surface area contributed by atoms with E-state index in [9.17, 15) is 0 Å². The standard InChI is InChI=1S/C42H27N5/c1-6-16-37-28(11-1)27-45(44-37)29-20-22-35-32-13-3-2-12-31(32)33-14-4-7-17-38(33)46(40(35)25-29)30-21-23-36-34-15-5-8-18-39(34)47(41(36)26-30)42-19-9-10-24-43-42/h1-27H. The fourth-order valence-corrected chi connectivity index (χ4v) is 7.26. The van der Waals surface area contributed by atoms with Gasteiger partial charge in [-0.25, -0.2) is 9.67 Å². The lowest BCUT2D eigenvalue weighted by atomic mass is 9.94. The predicted molar refractivity (Wildman–Crippen MR) is 192 cm³/mol. The van der Waals surface area contributed by atoms with E-state index >= 15 is 0 Å². The zero-order valence-electron chi connectivity index (χ0n) is 25.3. The number of nitrogens with zero attached hydrogens (tertiary/aromatic N) is 5. The van der Waals surface area contributed by atoms with Crippen molar-refractivity contribution in [3.63, 3.8) is 0 Å². The van der Waals surface area contributed by atoms with Crippen LogP contribution in [0.4, 0.5) is 17.1 Å². The van der Waals surface area contributed by atoms with Crippen LogP contribution in [0.2, 0.25) is 0 Å². The van der Waals surface area contributed by atoms with Crippen LogP contribution in [0.1, 0.15) is 0 Å². The molecular weight excluding hydrogens is 574 g/mol. The minimum atomic E-state index is 0.896. The van der Waals surface area contributed by atoms with Crippen LogP contribution in [0.15, 0.2) is 164 Å². The molecule has 0 amide bonds. The Bertz CT molecular complexity index is 2610. The molecule has 220 valence electrons. The van der Waals surface area contributed by atoms with E-state index in [1.165, 1.54) is 33.0 Å². The molecule has 47 heavy (non-hydrogen) atoms. The first-order valence-electron chi connectivity index (χ1n) is 15.8. The number of para-hydroxylation sites is 2. The topological polar surface area (TPSA) is 38.9 Å². The Morgan fingerprint density at radius 3 is 2.02 bits per heavy atom. The van der Waals surface area contributed by atoms with Gasteiger partial charge in [-0.3, -0.25) is 4.57 Å². The highest BCUT2D eigenvalue weighted by Crippen LogP contribution is 2.51. The molecule has 0 N–H and O–H groups in total. The lowest BCUT2D eigenvalue weighted by Gasteiger charge is -2.28. The summed E-state index contributed by atoms with van der Waals surface area (Å²) < 4.78 is 4.27. The molecule has 5 heteroatoms. The average molecular weight is 602 g/mol. The van der Waals surface area contributed by atoms with E-state index in [2.05, 4.69) is 149 Å². The van der Waals surface area contributed by atoms with Gasteiger partial charge in [0.1, 0.15) is 5.82 Å². The summed E-state index contributed by atoms with van der Waals surface area (Å²) in [6, 6.07) is 53.9. The molecular formula is C42H27N5. The van der Waals surface area contributed by atoms with Crippen molar-refractivity contribution >= 4 is 49.8 Å². The molecule has 9 aromatic rings. The number of anilines is 3. The summed E-state index contributed by atoms with van der Waals surface area (Å²) >= 11 is 0. The summed E-state index contributed by atoms with van der Waals surface area (Å²) in [6.45, 7) is 0. The lowest BCUT2D eigenvalue weighted by molar-refractivity contribution is 0.896. The summed E-state index contributed by atoms with van der Waals surface area (Å²) in [6.07, 6.45) is 3.97. The predicted octanol–water partition coefficient (Wildman–Crippen LogP) is 10.6. The Kier molecular flexibility index (Phi) is 5.51. The minimum absolute atomic E-state index is 0.896. The van der Waals surface area contributed by atoms with Crippen molar-refractivity contribution in [2.75, 3.05) is 4.90 Å². The summed E-state index contributed by atoms with van der Waals surface area (Å²) in [5, 5.41) is 8.45. The van der Waals surface area contributed by atoms with E-state index in [-0.39, 0.29) is 0 Å². The van der Waals surface area contributed by atoms with Crippen molar-refractivity contribution in [2.45, 2.75) is 0 Å². The van der Waals surface area contributed by atoms with Crippen molar-refractivity contribution in [2.24, 2.45) is 0 Å². The summed E-state index contributed by atoms with van der Waals surface area (Å²) in [5.41, 5.74) is 12.3. The molecule has 0 radical (unpaired) electrons. The van der Waals surface area contributed by atoms with E-state index in [0.717, 1.165) is 50.5 Å². The quantitative estimate of drug-likeness (QED) is 0.202. The lowest BCUT2D eigenvalue weighted by Crippen LogP contribution is -2.12. The molecule has 10 rings (SSSR count). The molecule has 0 bridgehead atoms. The Morgan fingerprint density at radius 2 is 1.17 bits per heavy atom. The first kappa shape index (κ1) is 25.8. The maximum absolute atomic E-state index is 4.94. The molecule has 0 saturated carbocycles. The highest BCUT2D eigenvalue weighted by molar-refractivity contribution is 6.11. The fraction of sp³-hybridized carbons (Fsp3) is 0. The van der Waals surface area contributed by atoms with Gasteiger partial charge in [-0.15, -0.1) is 0 Å². The van der Waals surface area contributed by atoms with Crippen LogP contribution in [0.25, 0.3) is 66.5 Å². The van der Waals surface area contributed by atoms with Crippen molar-refractivity contribution < 1.29 is 0 Å². The van der Waals surface area contributed by atoms with Gasteiger partial charge in [-0.2, -0.15) is 5.10 Å². The fourth-order valence-electron chi connectivity index (χ4n) is 7.26. The molecule has 0 unspecified atom stereocenters. The minimum Gasteiger partial charge on any atom is -0.309 e. The van der Waals surface area contributed by atoms with Crippen molar-refractivity contribution in [3.05, 3.63) is 164 Å². The van der Waals surface area contributed by atoms with Crippen molar-refractivity contribution in [3.8, 4) is 33.8 Å². The largest absolute Gasteiger partial charge is 0.309 e.